The van der Waals surface area contributed by atoms with Crippen LogP contribution in [0.5, 0.6) is 0 Å². The molecule has 0 radical (unpaired) electrons. The highest BCUT2D eigenvalue weighted by Crippen LogP contribution is 2.33. The van der Waals surface area contributed by atoms with Gasteiger partial charge in [-0.3, -0.25) is 19.7 Å². The van der Waals surface area contributed by atoms with E-state index in [-0.39, 0.29) is 11.3 Å². The predicted octanol–water partition coefficient (Wildman–Crippen LogP) is 4.05. The Kier molecular flexibility index (Phi) is 8.36. The highest BCUT2D eigenvalue weighted by molar-refractivity contribution is 7.99. The number of carbonyl (C=O) groups excluding carboxylic acids is 3. The van der Waals surface area contributed by atoms with Gasteiger partial charge in [0.05, 0.1) is 10.6 Å². The molecule has 3 rings (SSSR count). The number of rotatable bonds is 9. The van der Waals surface area contributed by atoms with E-state index in [0.717, 1.165) is 15.9 Å². The number of para-hydroxylation sites is 1. The summed E-state index contributed by atoms with van der Waals surface area (Å²) in [5.74, 6) is -2.03. The second kappa shape index (κ2) is 11.6. The SMILES string of the molecule is C[C@H](NC(=O)c1cccc([N+](=O)[O-])c1)C(=O)OCC(=O)Nc1ccccc1Sc1ccccc1. The smallest absolute Gasteiger partial charge is 0.328 e. The molecule has 3 aromatic rings. The molecule has 2 N–H and O–H groups in total. The number of nitro benzene ring substituents is 1. The third-order valence-corrected chi connectivity index (χ3v) is 5.58. The highest BCUT2D eigenvalue weighted by Gasteiger charge is 2.20. The van der Waals surface area contributed by atoms with Crippen molar-refractivity contribution in [1.82, 2.24) is 5.32 Å². The van der Waals surface area contributed by atoms with Crippen LogP contribution in [0, 0.1) is 10.1 Å². The standard InChI is InChI=1S/C24H21N3O6S/c1-16(25-23(29)17-8-7-9-18(14-17)27(31)32)24(30)33-15-22(28)26-20-12-5-6-13-21(20)34-19-10-3-2-4-11-19/h2-14,16H,15H2,1H3,(H,25,29)(H,26,28)/t16-/m0/s1. The Labute approximate surface area is 199 Å². The summed E-state index contributed by atoms with van der Waals surface area (Å²) in [7, 11) is 0. The van der Waals surface area contributed by atoms with Crippen LogP contribution in [0.1, 0.15) is 17.3 Å². The Bertz CT molecular complexity index is 1200. The van der Waals surface area contributed by atoms with E-state index >= 15 is 0 Å². The number of nitrogens with zero attached hydrogens (tertiary/aromatic N) is 1. The molecule has 0 unspecified atom stereocenters. The zero-order chi connectivity index (χ0) is 24.5. The van der Waals surface area contributed by atoms with Crippen molar-refractivity contribution in [3.63, 3.8) is 0 Å². The number of anilines is 1. The first-order valence-electron chi connectivity index (χ1n) is 10.2. The number of carbonyl (C=O) groups is 3. The van der Waals surface area contributed by atoms with Crippen LogP contribution in [0.4, 0.5) is 11.4 Å². The van der Waals surface area contributed by atoms with Gasteiger partial charge in [0, 0.05) is 27.5 Å². The molecule has 0 saturated carbocycles. The van der Waals surface area contributed by atoms with Gasteiger partial charge in [0.25, 0.3) is 17.5 Å². The Hall–Kier alpha value is -4.18. The monoisotopic (exact) mass is 479 g/mol. The lowest BCUT2D eigenvalue weighted by atomic mass is 10.2. The maximum absolute atomic E-state index is 12.3. The van der Waals surface area contributed by atoms with Crippen molar-refractivity contribution in [2.75, 3.05) is 11.9 Å². The summed E-state index contributed by atoms with van der Waals surface area (Å²) in [5, 5.41) is 16.0. The lowest BCUT2D eigenvalue weighted by Crippen LogP contribution is -2.40. The zero-order valence-electron chi connectivity index (χ0n) is 18.1. The lowest BCUT2D eigenvalue weighted by molar-refractivity contribution is -0.384. The quantitative estimate of drug-likeness (QED) is 0.269. The van der Waals surface area contributed by atoms with Gasteiger partial charge in [0.15, 0.2) is 6.61 Å². The second-order valence-corrected chi connectivity index (χ2v) is 8.19. The van der Waals surface area contributed by atoms with Gasteiger partial charge in [-0.1, -0.05) is 48.2 Å². The van der Waals surface area contributed by atoms with E-state index in [0.29, 0.717) is 5.69 Å². The van der Waals surface area contributed by atoms with Crippen molar-refractivity contribution in [3.05, 3.63) is 94.5 Å². The fourth-order valence-corrected chi connectivity index (χ4v) is 3.74. The Morgan fingerprint density at radius 2 is 1.71 bits per heavy atom. The highest BCUT2D eigenvalue weighted by atomic mass is 32.2. The van der Waals surface area contributed by atoms with Gasteiger partial charge in [0.1, 0.15) is 6.04 Å². The number of ether oxygens (including phenoxy) is 1. The molecule has 174 valence electrons. The van der Waals surface area contributed by atoms with E-state index in [1.54, 1.807) is 12.1 Å². The molecular formula is C24H21N3O6S. The summed E-state index contributed by atoms with van der Waals surface area (Å²) >= 11 is 1.48. The fourth-order valence-electron chi connectivity index (χ4n) is 2.82. The Balaban J connectivity index is 1.52. The largest absolute Gasteiger partial charge is 0.454 e. The van der Waals surface area contributed by atoms with Crippen LogP contribution in [0.25, 0.3) is 0 Å². The molecule has 0 aromatic heterocycles. The van der Waals surface area contributed by atoms with Gasteiger partial charge >= 0.3 is 5.97 Å². The number of esters is 1. The number of non-ortho nitro benzene ring substituents is 1. The van der Waals surface area contributed by atoms with E-state index in [4.69, 9.17) is 4.74 Å². The molecule has 34 heavy (non-hydrogen) atoms. The van der Waals surface area contributed by atoms with Crippen molar-refractivity contribution in [3.8, 4) is 0 Å². The van der Waals surface area contributed by atoms with Crippen LogP contribution >= 0.6 is 11.8 Å². The van der Waals surface area contributed by atoms with Crippen LogP contribution in [0.3, 0.4) is 0 Å². The van der Waals surface area contributed by atoms with Gasteiger partial charge < -0.3 is 15.4 Å². The predicted molar refractivity (Wildman–Crippen MR) is 127 cm³/mol. The molecular weight excluding hydrogens is 458 g/mol. The van der Waals surface area contributed by atoms with Gasteiger partial charge in [0.2, 0.25) is 0 Å². The van der Waals surface area contributed by atoms with E-state index in [1.807, 2.05) is 42.5 Å². The molecule has 9 nitrogen and oxygen atoms in total. The average molecular weight is 480 g/mol. The van der Waals surface area contributed by atoms with Crippen molar-refractivity contribution in [2.45, 2.75) is 22.8 Å². The number of hydrogen-bond acceptors (Lipinski definition) is 7. The van der Waals surface area contributed by atoms with E-state index in [2.05, 4.69) is 10.6 Å². The summed E-state index contributed by atoms with van der Waals surface area (Å²) < 4.78 is 5.01. The maximum Gasteiger partial charge on any atom is 0.328 e. The van der Waals surface area contributed by atoms with Crippen molar-refractivity contribution < 1.29 is 24.0 Å². The molecule has 2 amide bonds. The van der Waals surface area contributed by atoms with Crippen molar-refractivity contribution in [1.29, 1.82) is 0 Å². The molecule has 0 heterocycles. The first-order valence-corrected chi connectivity index (χ1v) is 11.0. The molecule has 3 aromatic carbocycles. The number of hydrogen-bond donors (Lipinski definition) is 2. The van der Waals surface area contributed by atoms with Crippen LogP contribution in [0.2, 0.25) is 0 Å². The van der Waals surface area contributed by atoms with Crippen molar-refractivity contribution in [2.24, 2.45) is 0 Å². The normalized spacial score (nSPS) is 11.2. The zero-order valence-corrected chi connectivity index (χ0v) is 18.9. The number of amides is 2. The molecule has 0 bridgehead atoms. The fraction of sp³-hybridized carbons (Fsp3) is 0.125. The number of nitrogens with one attached hydrogen (secondary N) is 2. The topological polar surface area (TPSA) is 128 Å². The summed E-state index contributed by atoms with van der Waals surface area (Å²) in [6, 6.07) is 20.9. The third-order valence-electron chi connectivity index (χ3n) is 4.50. The van der Waals surface area contributed by atoms with Crippen LogP contribution in [-0.2, 0) is 14.3 Å². The maximum atomic E-state index is 12.3. The van der Waals surface area contributed by atoms with Gasteiger partial charge in [-0.15, -0.1) is 0 Å². The number of nitro groups is 1. The molecule has 0 spiro atoms. The van der Waals surface area contributed by atoms with Crippen LogP contribution < -0.4 is 10.6 Å². The van der Waals surface area contributed by atoms with E-state index in [1.165, 1.54) is 36.9 Å². The van der Waals surface area contributed by atoms with E-state index < -0.39 is 35.4 Å². The van der Waals surface area contributed by atoms with Gasteiger partial charge in [-0.25, -0.2) is 4.79 Å². The minimum Gasteiger partial charge on any atom is -0.454 e. The first kappa shape index (κ1) is 24.5. The summed E-state index contributed by atoms with van der Waals surface area (Å²) in [4.78, 5) is 48.9. The van der Waals surface area contributed by atoms with Crippen LogP contribution in [0.15, 0.2) is 88.7 Å². The molecule has 10 heteroatoms. The molecule has 0 aliphatic carbocycles. The van der Waals surface area contributed by atoms with E-state index in [9.17, 15) is 24.5 Å². The van der Waals surface area contributed by atoms with Crippen molar-refractivity contribution >= 4 is 40.9 Å². The summed E-state index contributed by atoms with van der Waals surface area (Å²) in [6.45, 7) is 0.849. The van der Waals surface area contributed by atoms with Gasteiger partial charge in [-0.05, 0) is 37.3 Å². The molecule has 0 saturated heterocycles. The molecule has 1 atom stereocenters. The second-order valence-electron chi connectivity index (χ2n) is 7.07. The summed E-state index contributed by atoms with van der Waals surface area (Å²) in [6.07, 6.45) is 0. The number of benzene rings is 3. The average Bonchev–Trinajstić information content (AvgIpc) is 2.84. The lowest BCUT2D eigenvalue weighted by Gasteiger charge is -2.14. The molecule has 0 fully saturated rings. The Morgan fingerprint density at radius 3 is 2.44 bits per heavy atom. The minimum absolute atomic E-state index is 0.0270. The summed E-state index contributed by atoms with van der Waals surface area (Å²) in [5.41, 5.74) is 0.355. The minimum atomic E-state index is -1.07. The van der Waals surface area contributed by atoms with Crippen LogP contribution in [-0.4, -0.2) is 35.4 Å². The first-order chi connectivity index (χ1) is 16.3. The molecule has 0 aliphatic heterocycles. The third kappa shape index (κ3) is 6.91. The molecule has 0 aliphatic rings. The van der Waals surface area contributed by atoms with Gasteiger partial charge in [-0.2, -0.15) is 0 Å². The Morgan fingerprint density at radius 1 is 1.00 bits per heavy atom.